The Labute approximate surface area is 79.0 Å². The molecule has 0 aromatic heterocycles. The smallest absolute Gasteiger partial charge is 0.133 e. The molecule has 0 radical (unpaired) electrons. The van der Waals surface area contributed by atoms with E-state index in [1.165, 1.54) is 31.0 Å². The number of nitriles is 1. The minimum absolute atomic E-state index is 0.221. The molecule has 0 aromatic carbocycles. The van der Waals surface area contributed by atoms with Crippen LogP contribution in [0.3, 0.4) is 0 Å². The van der Waals surface area contributed by atoms with E-state index in [0.29, 0.717) is 5.92 Å². The monoisotopic (exact) mass is 187 g/mol. The van der Waals surface area contributed by atoms with Gasteiger partial charge in [0, 0.05) is 12.4 Å². The Morgan fingerprint density at radius 3 is 2.75 bits per heavy atom. The van der Waals surface area contributed by atoms with E-state index in [2.05, 4.69) is 6.92 Å². The third-order valence-corrected chi connectivity index (χ3v) is 2.62. The van der Waals surface area contributed by atoms with E-state index >= 15 is 0 Å². The summed E-state index contributed by atoms with van der Waals surface area (Å²) in [5.74, 6) is 1.10. The molecule has 12 heavy (non-hydrogen) atoms. The highest BCUT2D eigenvalue weighted by atomic mass is 32.2. The summed E-state index contributed by atoms with van der Waals surface area (Å²) in [6, 6.07) is 0. The topological polar surface area (TPSA) is 44.0 Å². The molecule has 0 saturated carbocycles. The molecule has 0 aromatic rings. The van der Waals surface area contributed by atoms with Crippen LogP contribution < -0.4 is 0 Å². The van der Waals surface area contributed by atoms with Crippen LogP contribution in [0.2, 0.25) is 0 Å². The van der Waals surface area contributed by atoms with Gasteiger partial charge >= 0.3 is 0 Å². The van der Waals surface area contributed by atoms with Gasteiger partial charge in [-0.15, -0.1) is 0 Å². The average molecular weight is 187 g/mol. The average Bonchev–Trinajstić information content (AvgIpc) is 2.11. The van der Waals surface area contributed by atoms with Crippen LogP contribution in [0.4, 0.5) is 0 Å². The highest BCUT2D eigenvalue weighted by Gasteiger charge is 2.06. The molecular formula is C9H17NOS. The summed E-state index contributed by atoms with van der Waals surface area (Å²) in [7, 11) is 0. The van der Waals surface area contributed by atoms with Crippen LogP contribution in [0.25, 0.3) is 0 Å². The number of hydrogen-bond donors (Lipinski definition) is 1. The van der Waals surface area contributed by atoms with Gasteiger partial charge in [-0.25, -0.2) is 0 Å². The van der Waals surface area contributed by atoms with Gasteiger partial charge in [0.25, 0.3) is 0 Å². The van der Waals surface area contributed by atoms with Crippen molar-refractivity contribution in [2.75, 3.05) is 12.4 Å². The third-order valence-electron chi connectivity index (χ3n) is 1.86. The van der Waals surface area contributed by atoms with E-state index in [9.17, 15) is 0 Å². The summed E-state index contributed by atoms with van der Waals surface area (Å²) in [6.07, 6.45) is 4.67. The van der Waals surface area contributed by atoms with E-state index < -0.39 is 0 Å². The normalized spacial score (nSPS) is 12.4. The lowest BCUT2D eigenvalue weighted by Crippen LogP contribution is -2.08. The molecule has 2 nitrogen and oxygen atoms in total. The Bertz CT molecular complexity index is 133. The summed E-state index contributed by atoms with van der Waals surface area (Å²) < 4.78 is 0. The first-order chi connectivity index (χ1) is 5.85. The molecule has 0 bridgehead atoms. The van der Waals surface area contributed by atoms with Crippen molar-refractivity contribution in [1.82, 2.24) is 0 Å². The number of thiocyanates is 1. The largest absolute Gasteiger partial charge is 0.396 e. The quantitative estimate of drug-likeness (QED) is 0.491. The molecule has 70 valence electrons. The van der Waals surface area contributed by atoms with Crippen LogP contribution in [0.1, 0.15) is 32.6 Å². The maximum atomic E-state index is 8.93. The lowest BCUT2D eigenvalue weighted by Gasteiger charge is -2.10. The zero-order chi connectivity index (χ0) is 9.23. The number of aliphatic hydroxyl groups is 1. The van der Waals surface area contributed by atoms with Crippen molar-refractivity contribution < 1.29 is 5.11 Å². The second-order valence-corrected chi connectivity index (χ2v) is 3.75. The van der Waals surface area contributed by atoms with Gasteiger partial charge in [0.15, 0.2) is 0 Å². The fraction of sp³-hybridized carbons (Fsp3) is 0.889. The number of unbranched alkanes of at least 4 members (excludes halogenated alkanes) is 2. The van der Waals surface area contributed by atoms with Gasteiger partial charge in [0.05, 0.1) is 0 Å². The third kappa shape index (κ3) is 6.51. The van der Waals surface area contributed by atoms with Crippen molar-refractivity contribution in [2.24, 2.45) is 5.92 Å². The highest BCUT2D eigenvalue weighted by Crippen LogP contribution is 2.14. The first-order valence-corrected chi connectivity index (χ1v) is 5.45. The van der Waals surface area contributed by atoms with Gasteiger partial charge in [-0.05, 0) is 24.1 Å². The Balaban J connectivity index is 3.34. The lowest BCUT2D eigenvalue weighted by molar-refractivity contribution is 0.230. The zero-order valence-electron chi connectivity index (χ0n) is 7.62. The van der Waals surface area contributed by atoms with E-state index in [4.69, 9.17) is 10.4 Å². The van der Waals surface area contributed by atoms with Gasteiger partial charge in [-0.2, -0.15) is 5.26 Å². The van der Waals surface area contributed by atoms with Crippen molar-refractivity contribution >= 4 is 11.8 Å². The van der Waals surface area contributed by atoms with Gasteiger partial charge in [-0.1, -0.05) is 26.2 Å². The summed E-state index contributed by atoms with van der Waals surface area (Å²) >= 11 is 1.24. The molecule has 1 atom stereocenters. The fourth-order valence-electron chi connectivity index (χ4n) is 1.07. The van der Waals surface area contributed by atoms with Crippen LogP contribution >= 0.6 is 11.8 Å². The van der Waals surface area contributed by atoms with Gasteiger partial charge in [-0.3, -0.25) is 0 Å². The Kier molecular flexibility index (Phi) is 8.74. The Morgan fingerprint density at radius 1 is 1.50 bits per heavy atom. The van der Waals surface area contributed by atoms with Crippen LogP contribution in [0, 0.1) is 16.6 Å². The lowest BCUT2D eigenvalue weighted by atomic mass is 10.0. The summed E-state index contributed by atoms with van der Waals surface area (Å²) in [5.41, 5.74) is 0. The minimum atomic E-state index is 0.221. The second kappa shape index (κ2) is 8.89. The fourth-order valence-corrected chi connectivity index (χ4v) is 1.65. The molecule has 0 aliphatic heterocycles. The number of rotatable bonds is 7. The van der Waals surface area contributed by atoms with Gasteiger partial charge < -0.3 is 5.11 Å². The minimum Gasteiger partial charge on any atom is -0.396 e. The Morgan fingerprint density at radius 2 is 2.25 bits per heavy atom. The number of thioether (sulfide) groups is 1. The van der Waals surface area contributed by atoms with E-state index in [-0.39, 0.29) is 6.61 Å². The number of nitrogens with zero attached hydrogens (tertiary/aromatic N) is 1. The SMILES string of the molecule is CCCCCC(CO)CSC#N. The first-order valence-electron chi connectivity index (χ1n) is 4.46. The molecule has 1 N–H and O–H groups in total. The van der Waals surface area contributed by atoms with Crippen LogP contribution in [-0.4, -0.2) is 17.5 Å². The number of aliphatic hydroxyl groups excluding tert-OH is 1. The van der Waals surface area contributed by atoms with Crippen LogP contribution in [0.15, 0.2) is 0 Å². The summed E-state index contributed by atoms with van der Waals surface area (Å²) in [4.78, 5) is 0. The predicted octanol–water partition coefficient (Wildman–Crippen LogP) is 2.39. The van der Waals surface area contributed by atoms with Crippen LogP contribution in [0.5, 0.6) is 0 Å². The van der Waals surface area contributed by atoms with E-state index in [1.807, 2.05) is 5.40 Å². The zero-order valence-corrected chi connectivity index (χ0v) is 8.44. The predicted molar refractivity (Wildman–Crippen MR) is 52.8 cm³/mol. The van der Waals surface area contributed by atoms with E-state index in [0.717, 1.165) is 12.2 Å². The van der Waals surface area contributed by atoms with Crippen molar-refractivity contribution in [3.8, 4) is 5.40 Å². The maximum Gasteiger partial charge on any atom is 0.133 e. The van der Waals surface area contributed by atoms with Crippen LogP contribution in [-0.2, 0) is 0 Å². The molecule has 0 fully saturated rings. The molecule has 1 unspecified atom stereocenters. The summed E-state index contributed by atoms with van der Waals surface area (Å²) in [5, 5.41) is 19.3. The number of hydrogen-bond acceptors (Lipinski definition) is 3. The second-order valence-electron chi connectivity index (χ2n) is 2.95. The standard InChI is InChI=1S/C9H17NOS/c1-2-3-4-5-9(6-11)7-12-8-10/h9,11H,2-7H2,1H3. The molecule has 0 amide bonds. The first kappa shape index (κ1) is 11.8. The molecule has 0 aliphatic rings. The van der Waals surface area contributed by atoms with Crippen molar-refractivity contribution in [3.05, 3.63) is 0 Å². The molecule has 0 heterocycles. The van der Waals surface area contributed by atoms with Gasteiger partial charge in [0.1, 0.15) is 5.40 Å². The maximum absolute atomic E-state index is 8.93. The summed E-state index contributed by atoms with van der Waals surface area (Å²) in [6.45, 7) is 2.39. The van der Waals surface area contributed by atoms with E-state index in [1.54, 1.807) is 0 Å². The molecule has 0 rings (SSSR count). The van der Waals surface area contributed by atoms with Crippen molar-refractivity contribution in [1.29, 1.82) is 5.26 Å². The molecule has 3 heteroatoms. The highest BCUT2D eigenvalue weighted by molar-refractivity contribution is 8.03. The molecule has 0 aliphatic carbocycles. The molecule has 0 spiro atoms. The van der Waals surface area contributed by atoms with Crippen molar-refractivity contribution in [2.45, 2.75) is 32.6 Å². The van der Waals surface area contributed by atoms with Crippen molar-refractivity contribution in [3.63, 3.8) is 0 Å². The molecule has 0 saturated heterocycles. The Hall–Kier alpha value is -0.200. The van der Waals surface area contributed by atoms with Gasteiger partial charge in [0.2, 0.25) is 0 Å². The molecular weight excluding hydrogens is 170 g/mol.